The molecule has 1 aromatic heterocycles. The molecule has 3 rings (SSSR count). The molecule has 23 heavy (non-hydrogen) atoms. The van der Waals surface area contributed by atoms with E-state index in [0.29, 0.717) is 12.5 Å². The Morgan fingerprint density at radius 1 is 1.30 bits per heavy atom. The third-order valence-electron chi connectivity index (χ3n) is 4.48. The van der Waals surface area contributed by atoms with Crippen molar-refractivity contribution in [2.75, 3.05) is 13.1 Å². The van der Waals surface area contributed by atoms with E-state index in [0.717, 1.165) is 44.3 Å². The number of likely N-dealkylation sites (tertiary alicyclic amines) is 1. The molecule has 0 saturated carbocycles. The van der Waals surface area contributed by atoms with Gasteiger partial charge in [-0.1, -0.05) is 12.1 Å². The Morgan fingerprint density at radius 2 is 2.13 bits per heavy atom. The summed E-state index contributed by atoms with van der Waals surface area (Å²) in [6.07, 6.45) is 7.69. The van der Waals surface area contributed by atoms with E-state index in [1.807, 2.05) is 29.3 Å². The van der Waals surface area contributed by atoms with Crippen LogP contribution in [0, 0.1) is 11.7 Å². The molecular weight excluding hydrogens is 293 g/mol. The quantitative estimate of drug-likeness (QED) is 0.851. The van der Waals surface area contributed by atoms with Gasteiger partial charge in [-0.3, -0.25) is 9.48 Å². The molecule has 0 spiro atoms. The Balaban J connectivity index is 1.49. The maximum absolute atomic E-state index is 12.9. The highest BCUT2D eigenvalue weighted by atomic mass is 19.1. The van der Waals surface area contributed by atoms with Gasteiger partial charge in [-0.05, 0) is 55.4 Å². The number of rotatable bonds is 5. The van der Waals surface area contributed by atoms with E-state index < -0.39 is 0 Å². The van der Waals surface area contributed by atoms with Gasteiger partial charge in [-0.15, -0.1) is 0 Å². The number of hydrogen-bond acceptors (Lipinski definition) is 2. The molecule has 5 heteroatoms. The number of amides is 1. The van der Waals surface area contributed by atoms with Crippen molar-refractivity contribution in [2.45, 2.75) is 32.2 Å². The second-order valence-corrected chi connectivity index (χ2v) is 6.22. The first-order valence-corrected chi connectivity index (χ1v) is 8.20. The summed E-state index contributed by atoms with van der Waals surface area (Å²) in [5.41, 5.74) is 1.16. The lowest BCUT2D eigenvalue weighted by molar-refractivity contribution is -0.133. The standard InChI is InChI=1S/C18H22FN3O/c19-17-8-6-15(7-9-17)4-5-16-3-1-11-21(13-16)18(23)14-22-12-2-10-20-22/h2,6-10,12,16H,1,3-5,11,13-14H2/t16-/m1/s1. The zero-order chi connectivity index (χ0) is 16.1. The summed E-state index contributed by atoms with van der Waals surface area (Å²) in [4.78, 5) is 14.3. The van der Waals surface area contributed by atoms with Crippen LogP contribution in [0.5, 0.6) is 0 Å². The molecule has 4 nitrogen and oxygen atoms in total. The molecule has 122 valence electrons. The summed E-state index contributed by atoms with van der Waals surface area (Å²) < 4.78 is 14.6. The molecule has 1 fully saturated rings. The highest BCUT2D eigenvalue weighted by molar-refractivity contribution is 5.76. The molecule has 2 heterocycles. The van der Waals surface area contributed by atoms with Gasteiger partial charge in [0.25, 0.3) is 0 Å². The molecule has 0 radical (unpaired) electrons. The van der Waals surface area contributed by atoms with Crippen LogP contribution in [-0.2, 0) is 17.8 Å². The van der Waals surface area contributed by atoms with Crippen molar-refractivity contribution in [1.29, 1.82) is 0 Å². The van der Waals surface area contributed by atoms with E-state index in [9.17, 15) is 9.18 Å². The molecule has 2 aromatic rings. The Morgan fingerprint density at radius 3 is 2.87 bits per heavy atom. The Kier molecular flexibility index (Phi) is 5.05. The highest BCUT2D eigenvalue weighted by Crippen LogP contribution is 2.22. The smallest absolute Gasteiger partial charge is 0.244 e. The predicted molar refractivity (Wildman–Crippen MR) is 86.3 cm³/mol. The monoisotopic (exact) mass is 315 g/mol. The number of aromatic nitrogens is 2. The normalized spacial score (nSPS) is 18.1. The van der Waals surface area contributed by atoms with Gasteiger partial charge < -0.3 is 4.90 Å². The van der Waals surface area contributed by atoms with E-state index in [-0.39, 0.29) is 11.7 Å². The van der Waals surface area contributed by atoms with Crippen molar-refractivity contribution >= 4 is 5.91 Å². The van der Waals surface area contributed by atoms with Crippen LogP contribution in [0.3, 0.4) is 0 Å². The lowest BCUT2D eigenvalue weighted by Crippen LogP contribution is -2.41. The topological polar surface area (TPSA) is 38.1 Å². The first-order chi connectivity index (χ1) is 11.2. The van der Waals surface area contributed by atoms with Crippen molar-refractivity contribution in [3.63, 3.8) is 0 Å². The SMILES string of the molecule is O=C(Cn1cccn1)N1CCC[C@H](CCc2ccc(F)cc2)C1. The summed E-state index contributed by atoms with van der Waals surface area (Å²) in [5.74, 6) is 0.470. The zero-order valence-electron chi connectivity index (χ0n) is 13.2. The van der Waals surface area contributed by atoms with Crippen LogP contribution in [0.15, 0.2) is 42.7 Å². The average molecular weight is 315 g/mol. The van der Waals surface area contributed by atoms with Crippen molar-refractivity contribution < 1.29 is 9.18 Å². The van der Waals surface area contributed by atoms with E-state index in [1.165, 1.54) is 12.1 Å². The minimum absolute atomic E-state index is 0.139. The summed E-state index contributed by atoms with van der Waals surface area (Å²) in [7, 11) is 0. The number of piperidine rings is 1. The molecule has 0 aliphatic carbocycles. The fourth-order valence-corrected chi connectivity index (χ4v) is 3.18. The van der Waals surface area contributed by atoms with Crippen LogP contribution in [0.25, 0.3) is 0 Å². The van der Waals surface area contributed by atoms with Crippen molar-refractivity contribution in [3.05, 3.63) is 54.1 Å². The number of carbonyl (C=O) groups excluding carboxylic acids is 1. The minimum atomic E-state index is -0.193. The third kappa shape index (κ3) is 4.41. The van der Waals surface area contributed by atoms with Gasteiger partial charge in [-0.2, -0.15) is 5.10 Å². The second kappa shape index (κ2) is 7.40. The maximum atomic E-state index is 12.9. The molecule has 0 unspecified atom stereocenters. The largest absolute Gasteiger partial charge is 0.341 e. The highest BCUT2D eigenvalue weighted by Gasteiger charge is 2.23. The van der Waals surface area contributed by atoms with Crippen molar-refractivity contribution in [3.8, 4) is 0 Å². The Hall–Kier alpha value is -2.17. The molecule has 0 N–H and O–H groups in total. The zero-order valence-corrected chi connectivity index (χ0v) is 13.2. The minimum Gasteiger partial charge on any atom is -0.341 e. The summed E-state index contributed by atoms with van der Waals surface area (Å²) in [6, 6.07) is 8.54. The number of benzene rings is 1. The fourth-order valence-electron chi connectivity index (χ4n) is 3.18. The summed E-state index contributed by atoms with van der Waals surface area (Å²) in [6.45, 7) is 1.98. The van der Waals surface area contributed by atoms with Crippen LogP contribution in [0.4, 0.5) is 4.39 Å². The molecular formula is C18H22FN3O. The van der Waals surface area contributed by atoms with Gasteiger partial charge in [-0.25, -0.2) is 4.39 Å². The van der Waals surface area contributed by atoms with E-state index in [4.69, 9.17) is 0 Å². The first kappa shape index (κ1) is 15.7. The number of hydrogen-bond donors (Lipinski definition) is 0. The third-order valence-corrected chi connectivity index (χ3v) is 4.48. The van der Waals surface area contributed by atoms with Crippen LogP contribution in [0.2, 0.25) is 0 Å². The molecule has 1 aliphatic rings. The number of aryl methyl sites for hydroxylation is 1. The molecule has 1 saturated heterocycles. The van der Waals surface area contributed by atoms with Gasteiger partial charge >= 0.3 is 0 Å². The predicted octanol–water partition coefficient (Wildman–Crippen LogP) is 2.89. The van der Waals surface area contributed by atoms with Crippen LogP contribution in [-0.4, -0.2) is 33.7 Å². The van der Waals surface area contributed by atoms with E-state index >= 15 is 0 Å². The number of halogens is 1. The summed E-state index contributed by atoms with van der Waals surface area (Å²) >= 11 is 0. The Bertz CT molecular complexity index is 624. The van der Waals surface area contributed by atoms with Crippen molar-refractivity contribution in [2.24, 2.45) is 5.92 Å². The average Bonchev–Trinajstić information content (AvgIpc) is 3.07. The molecule has 1 amide bonds. The van der Waals surface area contributed by atoms with E-state index in [1.54, 1.807) is 10.9 Å². The van der Waals surface area contributed by atoms with Crippen molar-refractivity contribution in [1.82, 2.24) is 14.7 Å². The Labute approximate surface area is 135 Å². The molecule has 1 aromatic carbocycles. The van der Waals surface area contributed by atoms with Gasteiger partial charge in [0.05, 0.1) is 0 Å². The first-order valence-electron chi connectivity index (χ1n) is 8.20. The van der Waals surface area contributed by atoms with Gasteiger partial charge in [0.2, 0.25) is 5.91 Å². The number of nitrogens with zero attached hydrogens (tertiary/aromatic N) is 3. The van der Waals surface area contributed by atoms with Crippen LogP contribution >= 0.6 is 0 Å². The molecule has 1 atom stereocenters. The summed E-state index contributed by atoms with van der Waals surface area (Å²) in [5, 5.41) is 4.09. The van der Waals surface area contributed by atoms with Gasteiger partial charge in [0.1, 0.15) is 12.4 Å². The van der Waals surface area contributed by atoms with Gasteiger partial charge in [0, 0.05) is 25.5 Å². The van der Waals surface area contributed by atoms with Crippen LogP contribution in [0.1, 0.15) is 24.8 Å². The van der Waals surface area contributed by atoms with Crippen LogP contribution < -0.4 is 0 Å². The lowest BCUT2D eigenvalue weighted by atomic mass is 9.91. The maximum Gasteiger partial charge on any atom is 0.244 e. The molecule has 0 bridgehead atoms. The lowest BCUT2D eigenvalue weighted by Gasteiger charge is -2.33. The van der Waals surface area contributed by atoms with Gasteiger partial charge in [0.15, 0.2) is 0 Å². The molecule has 1 aliphatic heterocycles. The second-order valence-electron chi connectivity index (χ2n) is 6.22. The van der Waals surface area contributed by atoms with E-state index in [2.05, 4.69) is 5.10 Å². The fraction of sp³-hybridized carbons (Fsp3) is 0.444. The number of carbonyl (C=O) groups is 1.